The Labute approximate surface area is 125 Å². The van der Waals surface area contributed by atoms with Crippen LogP contribution in [-0.4, -0.2) is 20.4 Å². The van der Waals surface area contributed by atoms with Gasteiger partial charge in [-0.05, 0) is 23.8 Å². The van der Waals surface area contributed by atoms with Gasteiger partial charge in [0.15, 0.2) is 11.5 Å². The standard InChI is InChI=1S/C15H12N2O3S/c18-12-7-6-11(8-13(12)19)14-16-17-15(20-14)21-9-10-4-2-1-3-5-10/h1-8,18-19H,9H2. The Morgan fingerprint density at radius 1 is 0.952 bits per heavy atom. The molecule has 0 aliphatic carbocycles. The fourth-order valence-electron chi connectivity index (χ4n) is 1.76. The molecule has 3 rings (SSSR count). The highest BCUT2D eigenvalue weighted by Crippen LogP contribution is 2.31. The molecule has 106 valence electrons. The van der Waals surface area contributed by atoms with Crippen LogP contribution >= 0.6 is 11.8 Å². The number of rotatable bonds is 4. The van der Waals surface area contributed by atoms with Crippen LogP contribution in [0.2, 0.25) is 0 Å². The van der Waals surface area contributed by atoms with Crippen LogP contribution in [0.25, 0.3) is 11.5 Å². The molecule has 3 aromatic rings. The van der Waals surface area contributed by atoms with Crippen LogP contribution in [0.4, 0.5) is 0 Å². The fraction of sp³-hybridized carbons (Fsp3) is 0.0667. The van der Waals surface area contributed by atoms with Gasteiger partial charge in [0.05, 0.1) is 0 Å². The fourth-order valence-corrected chi connectivity index (χ4v) is 2.48. The minimum Gasteiger partial charge on any atom is -0.504 e. The molecule has 0 atom stereocenters. The van der Waals surface area contributed by atoms with Gasteiger partial charge in [0.2, 0.25) is 5.89 Å². The van der Waals surface area contributed by atoms with Crippen molar-refractivity contribution in [2.75, 3.05) is 0 Å². The van der Waals surface area contributed by atoms with Crippen molar-refractivity contribution in [3.8, 4) is 23.0 Å². The second-order valence-electron chi connectivity index (χ2n) is 4.35. The molecule has 5 nitrogen and oxygen atoms in total. The second-order valence-corrected chi connectivity index (χ2v) is 5.28. The Balaban J connectivity index is 1.72. The van der Waals surface area contributed by atoms with Gasteiger partial charge in [0.1, 0.15) is 0 Å². The molecule has 0 saturated heterocycles. The van der Waals surface area contributed by atoms with E-state index in [2.05, 4.69) is 10.2 Å². The maximum atomic E-state index is 9.48. The molecule has 21 heavy (non-hydrogen) atoms. The maximum absolute atomic E-state index is 9.48. The lowest BCUT2D eigenvalue weighted by atomic mass is 10.2. The first-order valence-electron chi connectivity index (χ1n) is 6.25. The number of aromatic nitrogens is 2. The second kappa shape index (κ2) is 5.88. The lowest BCUT2D eigenvalue weighted by Gasteiger charge is -1.99. The predicted octanol–water partition coefficient (Wildman–Crippen LogP) is 3.44. The summed E-state index contributed by atoms with van der Waals surface area (Å²) in [6.07, 6.45) is 0. The number of hydrogen-bond donors (Lipinski definition) is 2. The van der Waals surface area contributed by atoms with E-state index >= 15 is 0 Å². The third kappa shape index (κ3) is 3.17. The number of benzene rings is 2. The third-order valence-electron chi connectivity index (χ3n) is 2.83. The molecule has 0 saturated carbocycles. The van der Waals surface area contributed by atoms with Gasteiger partial charge in [0, 0.05) is 11.3 Å². The summed E-state index contributed by atoms with van der Waals surface area (Å²) in [5.41, 5.74) is 1.73. The van der Waals surface area contributed by atoms with Gasteiger partial charge in [0.25, 0.3) is 5.22 Å². The Morgan fingerprint density at radius 2 is 1.76 bits per heavy atom. The summed E-state index contributed by atoms with van der Waals surface area (Å²) in [7, 11) is 0. The quantitative estimate of drug-likeness (QED) is 0.567. The molecule has 1 aromatic heterocycles. The largest absolute Gasteiger partial charge is 0.504 e. The highest BCUT2D eigenvalue weighted by Gasteiger charge is 2.11. The SMILES string of the molecule is Oc1ccc(-c2nnc(SCc3ccccc3)o2)cc1O. The Hall–Kier alpha value is -2.47. The van der Waals surface area contributed by atoms with E-state index in [1.807, 2.05) is 30.3 Å². The van der Waals surface area contributed by atoms with E-state index in [-0.39, 0.29) is 11.5 Å². The van der Waals surface area contributed by atoms with Crippen molar-refractivity contribution in [3.05, 3.63) is 54.1 Å². The van der Waals surface area contributed by atoms with Crippen LogP contribution in [0.15, 0.2) is 58.2 Å². The van der Waals surface area contributed by atoms with E-state index in [1.165, 1.54) is 29.5 Å². The lowest BCUT2D eigenvalue weighted by Crippen LogP contribution is -1.79. The average molecular weight is 300 g/mol. The first-order chi connectivity index (χ1) is 10.2. The van der Waals surface area contributed by atoms with Gasteiger partial charge in [-0.3, -0.25) is 0 Å². The Morgan fingerprint density at radius 3 is 2.52 bits per heavy atom. The van der Waals surface area contributed by atoms with Crippen LogP contribution in [0.1, 0.15) is 5.56 Å². The number of thioether (sulfide) groups is 1. The van der Waals surface area contributed by atoms with Crippen LogP contribution in [0.3, 0.4) is 0 Å². The van der Waals surface area contributed by atoms with Crippen molar-refractivity contribution in [2.45, 2.75) is 11.0 Å². The summed E-state index contributed by atoms with van der Waals surface area (Å²) in [5.74, 6) is 0.644. The molecular weight excluding hydrogens is 288 g/mol. The monoisotopic (exact) mass is 300 g/mol. The van der Waals surface area contributed by atoms with Crippen LogP contribution < -0.4 is 0 Å². The summed E-state index contributed by atoms with van der Waals surface area (Å²) in [5, 5.41) is 27.1. The van der Waals surface area contributed by atoms with Crippen molar-refractivity contribution in [1.29, 1.82) is 0 Å². The lowest BCUT2D eigenvalue weighted by molar-refractivity contribution is 0.403. The van der Waals surface area contributed by atoms with Gasteiger partial charge in [-0.25, -0.2) is 0 Å². The summed E-state index contributed by atoms with van der Waals surface area (Å²) < 4.78 is 5.53. The molecule has 2 N–H and O–H groups in total. The van der Waals surface area contributed by atoms with Gasteiger partial charge < -0.3 is 14.6 Å². The Kier molecular flexibility index (Phi) is 3.79. The van der Waals surface area contributed by atoms with Gasteiger partial charge in [-0.1, -0.05) is 42.1 Å². The first kappa shape index (κ1) is 13.5. The first-order valence-corrected chi connectivity index (χ1v) is 7.23. The molecular formula is C15H12N2O3S. The van der Waals surface area contributed by atoms with Crippen molar-refractivity contribution in [1.82, 2.24) is 10.2 Å². The topological polar surface area (TPSA) is 79.4 Å². The number of hydrogen-bond acceptors (Lipinski definition) is 6. The highest BCUT2D eigenvalue weighted by atomic mass is 32.2. The number of phenols is 2. The molecule has 0 spiro atoms. The zero-order chi connectivity index (χ0) is 14.7. The van der Waals surface area contributed by atoms with Gasteiger partial charge in [-0.2, -0.15) is 0 Å². The minimum absolute atomic E-state index is 0.183. The highest BCUT2D eigenvalue weighted by molar-refractivity contribution is 7.98. The summed E-state index contributed by atoms with van der Waals surface area (Å²) in [6.45, 7) is 0. The molecule has 2 aromatic carbocycles. The van der Waals surface area contributed by atoms with E-state index in [1.54, 1.807) is 6.07 Å². The third-order valence-corrected chi connectivity index (χ3v) is 3.72. The van der Waals surface area contributed by atoms with Crippen molar-refractivity contribution < 1.29 is 14.6 Å². The molecule has 0 amide bonds. The summed E-state index contributed by atoms with van der Waals surface area (Å²) in [6, 6.07) is 14.4. The summed E-state index contributed by atoms with van der Waals surface area (Å²) in [4.78, 5) is 0. The molecule has 0 aliphatic rings. The summed E-state index contributed by atoms with van der Waals surface area (Å²) >= 11 is 1.44. The van der Waals surface area contributed by atoms with Gasteiger partial charge >= 0.3 is 0 Å². The van der Waals surface area contributed by atoms with Crippen LogP contribution in [0, 0.1) is 0 Å². The van der Waals surface area contributed by atoms with E-state index in [0.717, 1.165) is 5.75 Å². The zero-order valence-electron chi connectivity index (χ0n) is 10.9. The van der Waals surface area contributed by atoms with E-state index < -0.39 is 0 Å². The molecule has 0 unspecified atom stereocenters. The van der Waals surface area contributed by atoms with Crippen molar-refractivity contribution in [2.24, 2.45) is 0 Å². The molecule has 0 radical (unpaired) electrons. The zero-order valence-corrected chi connectivity index (χ0v) is 11.7. The van der Waals surface area contributed by atoms with Crippen LogP contribution in [-0.2, 0) is 5.75 Å². The minimum atomic E-state index is -0.218. The normalized spacial score (nSPS) is 10.7. The van der Waals surface area contributed by atoms with Crippen molar-refractivity contribution >= 4 is 11.8 Å². The average Bonchev–Trinajstić information content (AvgIpc) is 2.98. The smallest absolute Gasteiger partial charge is 0.277 e. The maximum Gasteiger partial charge on any atom is 0.277 e. The molecule has 0 fully saturated rings. The molecule has 0 bridgehead atoms. The van der Waals surface area contributed by atoms with E-state index in [9.17, 15) is 10.2 Å². The number of phenolic OH excluding ortho intramolecular Hbond substituents is 2. The molecule has 0 aliphatic heterocycles. The van der Waals surface area contributed by atoms with Crippen molar-refractivity contribution in [3.63, 3.8) is 0 Å². The number of aromatic hydroxyl groups is 2. The van der Waals surface area contributed by atoms with Gasteiger partial charge in [-0.15, -0.1) is 10.2 Å². The number of nitrogens with zero attached hydrogens (tertiary/aromatic N) is 2. The van der Waals surface area contributed by atoms with Crippen LogP contribution in [0.5, 0.6) is 11.5 Å². The molecule has 6 heteroatoms. The molecule has 1 heterocycles. The predicted molar refractivity (Wildman–Crippen MR) is 79.1 cm³/mol. The van der Waals surface area contributed by atoms with E-state index in [0.29, 0.717) is 16.7 Å². The Bertz CT molecular complexity index is 744. The van der Waals surface area contributed by atoms with E-state index in [4.69, 9.17) is 4.42 Å².